The predicted molar refractivity (Wildman–Crippen MR) is 69.1 cm³/mol. The van der Waals surface area contributed by atoms with E-state index in [1.807, 2.05) is 0 Å². The summed E-state index contributed by atoms with van der Waals surface area (Å²) in [6, 6.07) is 4.55. The monoisotopic (exact) mass is 314 g/mol. The van der Waals surface area contributed by atoms with Crippen LogP contribution in [0.1, 0.15) is 18.1 Å². The molecule has 19 heavy (non-hydrogen) atoms. The van der Waals surface area contributed by atoms with Crippen LogP contribution in [0.5, 0.6) is 0 Å². The summed E-state index contributed by atoms with van der Waals surface area (Å²) >= 11 is 5.98. The standard InChI is InChI=1S/C12H14ClF3O2S/c1-8(19(2,17)18)11(13)7-9-3-5-10(6-4-9)12(14,15)16/h3-6,8,11H,7H2,1-2H3. The van der Waals surface area contributed by atoms with Gasteiger partial charge in [-0.1, -0.05) is 12.1 Å². The summed E-state index contributed by atoms with van der Waals surface area (Å²) in [5.74, 6) is 0. The van der Waals surface area contributed by atoms with E-state index in [1.54, 1.807) is 0 Å². The zero-order valence-electron chi connectivity index (χ0n) is 10.4. The first-order chi connectivity index (χ1) is 8.51. The third kappa shape index (κ3) is 4.69. The topological polar surface area (TPSA) is 34.1 Å². The summed E-state index contributed by atoms with van der Waals surface area (Å²) in [6.07, 6.45) is -3.09. The second kappa shape index (κ2) is 5.71. The smallest absolute Gasteiger partial charge is 0.229 e. The number of halogens is 4. The average Bonchev–Trinajstić information content (AvgIpc) is 2.26. The maximum absolute atomic E-state index is 12.4. The van der Waals surface area contributed by atoms with Crippen molar-refractivity contribution in [1.82, 2.24) is 0 Å². The third-order valence-corrected chi connectivity index (χ3v) is 5.26. The van der Waals surface area contributed by atoms with Crippen molar-refractivity contribution >= 4 is 21.4 Å². The number of alkyl halides is 4. The molecule has 1 aromatic rings. The van der Waals surface area contributed by atoms with Crippen molar-refractivity contribution in [1.29, 1.82) is 0 Å². The fourth-order valence-corrected chi connectivity index (χ4v) is 2.86. The fraction of sp³-hybridized carbons (Fsp3) is 0.500. The van der Waals surface area contributed by atoms with Crippen LogP contribution < -0.4 is 0 Å². The summed E-state index contributed by atoms with van der Waals surface area (Å²) < 4.78 is 59.7. The fourth-order valence-electron chi connectivity index (χ4n) is 1.49. The molecule has 0 aliphatic rings. The van der Waals surface area contributed by atoms with Crippen LogP contribution in [0.25, 0.3) is 0 Å². The van der Waals surface area contributed by atoms with Crippen LogP contribution in [0.15, 0.2) is 24.3 Å². The van der Waals surface area contributed by atoms with E-state index in [0.717, 1.165) is 18.4 Å². The molecule has 108 valence electrons. The molecule has 2 nitrogen and oxygen atoms in total. The zero-order chi connectivity index (χ0) is 14.8. The van der Waals surface area contributed by atoms with E-state index in [2.05, 4.69) is 0 Å². The summed E-state index contributed by atoms with van der Waals surface area (Å²) in [5, 5.41) is -1.43. The highest BCUT2D eigenvalue weighted by Gasteiger charge is 2.30. The minimum absolute atomic E-state index is 0.202. The Morgan fingerprint density at radius 3 is 2.05 bits per heavy atom. The highest BCUT2D eigenvalue weighted by molar-refractivity contribution is 7.91. The van der Waals surface area contributed by atoms with Crippen LogP contribution in [0.4, 0.5) is 13.2 Å². The van der Waals surface area contributed by atoms with E-state index in [4.69, 9.17) is 11.6 Å². The van der Waals surface area contributed by atoms with Crippen molar-refractivity contribution in [2.75, 3.05) is 6.26 Å². The molecule has 0 aliphatic heterocycles. The van der Waals surface area contributed by atoms with E-state index < -0.39 is 32.2 Å². The Morgan fingerprint density at radius 1 is 1.21 bits per heavy atom. The van der Waals surface area contributed by atoms with E-state index in [9.17, 15) is 21.6 Å². The molecule has 0 N–H and O–H groups in total. The molecule has 0 spiro atoms. The lowest BCUT2D eigenvalue weighted by molar-refractivity contribution is -0.137. The lowest BCUT2D eigenvalue weighted by atomic mass is 10.1. The van der Waals surface area contributed by atoms with Gasteiger partial charge in [-0.15, -0.1) is 11.6 Å². The summed E-state index contributed by atoms with van der Waals surface area (Å²) in [6.45, 7) is 1.48. The largest absolute Gasteiger partial charge is 0.416 e. The molecule has 0 radical (unpaired) electrons. The third-order valence-electron chi connectivity index (χ3n) is 2.90. The van der Waals surface area contributed by atoms with Gasteiger partial charge < -0.3 is 0 Å². The molecular weight excluding hydrogens is 301 g/mol. The first-order valence-electron chi connectivity index (χ1n) is 5.51. The van der Waals surface area contributed by atoms with Gasteiger partial charge in [-0.3, -0.25) is 0 Å². The maximum atomic E-state index is 12.4. The normalized spacial score (nSPS) is 16.1. The van der Waals surface area contributed by atoms with E-state index >= 15 is 0 Å². The SMILES string of the molecule is CC(C(Cl)Cc1ccc(C(F)(F)F)cc1)S(C)(=O)=O. The Balaban J connectivity index is 2.79. The molecule has 0 bridgehead atoms. The van der Waals surface area contributed by atoms with E-state index in [0.29, 0.717) is 5.56 Å². The van der Waals surface area contributed by atoms with Crippen molar-refractivity contribution in [3.8, 4) is 0 Å². The van der Waals surface area contributed by atoms with Gasteiger partial charge in [0.2, 0.25) is 0 Å². The Morgan fingerprint density at radius 2 is 1.68 bits per heavy atom. The van der Waals surface area contributed by atoms with Crippen LogP contribution in [-0.2, 0) is 22.4 Å². The molecule has 1 rings (SSSR count). The number of sulfone groups is 1. The second-order valence-corrected chi connectivity index (χ2v) is 7.41. The maximum Gasteiger partial charge on any atom is 0.416 e. The lowest BCUT2D eigenvalue weighted by Crippen LogP contribution is -2.28. The van der Waals surface area contributed by atoms with Gasteiger partial charge in [0.1, 0.15) is 0 Å². The van der Waals surface area contributed by atoms with Gasteiger partial charge in [-0.2, -0.15) is 13.2 Å². The molecule has 0 fully saturated rings. The molecular formula is C12H14ClF3O2S. The molecule has 0 heterocycles. The molecule has 0 amide bonds. The lowest BCUT2D eigenvalue weighted by Gasteiger charge is -2.16. The average molecular weight is 315 g/mol. The minimum Gasteiger partial charge on any atom is -0.229 e. The number of hydrogen-bond donors (Lipinski definition) is 0. The number of rotatable bonds is 4. The molecule has 0 aliphatic carbocycles. The quantitative estimate of drug-likeness (QED) is 0.799. The Bertz CT molecular complexity index is 523. The Labute approximate surface area is 115 Å². The predicted octanol–water partition coefficient (Wildman–Crippen LogP) is 3.29. The van der Waals surface area contributed by atoms with Crippen molar-refractivity contribution in [3.63, 3.8) is 0 Å². The molecule has 7 heteroatoms. The molecule has 0 aromatic heterocycles. The Hall–Kier alpha value is -0.750. The van der Waals surface area contributed by atoms with Gasteiger partial charge in [0, 0.05) is 6.26 Å². The van der Waals surface area contributed by atoms with Gasteiger partial charge in [0.15, 0.2) is 9.84 Å². The zero-order valence-corrected chi connectivity index (χ0v) is 12.0. The first kappa shape index (κ1) is 16.3. The molecule has 2 unspecified atom stereocenters. The van der Waals surface area contributed by atoms with E-state index in [-0.39, 0.29) is 6.42 Å². The molecule has 2 atom stereocenters. The highest BCUT2D eigenvalue weighted by atomic mass is 35.5. The van der Waals surface area contributed by atoms with E-state index in [1.165, 1.54) is 19.1 Å². The molecule has 0 saturated carbocycles. The summed E-state index contributed by atoms with van der Waals surface area (Å²) in [5.41, 5.74) is -0.165. The first-order valence-corrected chi connectivity index (χ1v) is 7.90. The summed E-state index contributed by atoms with van der Waals surface area (Å²) in [4.78, 5) is 0. The molecule has 0 saturated heterocycles. The van der Waals surface area contributed by atoms with Crippen LogP contribution in [-0.4, -0.2) is 25.3 Å². The molecule has 1 aromatic carbocycles. The van der Waals surface area contributed by atoms with Crippen LogP contribution in [0.2, 0.25) is 0 Å². The minimum atomic E-state index is -4.38. The van der Waals surface area contributed by atoms with Crippen molar-refractivity contribution in [2.45, 2.75) is 30.1 Å². The van der Waals surface area contributed by atoms with Crippen LogP contribution in [0.3, 0.4) is 0 Å². The van der Waals surface area contributed by atoms with Gasteiger partial charge in [-0.25, -0.2) is 8.42 Å². The van der Waals surface area contributed by atoms with Gasteiger partial charge >= 0.3 is 6.18 Å². The van der Waals surface area contributed by atoms with Gasteiger partial charge in [-0.05, 0) is 31.0 Å². The van der Waals surface area contributed by atoms with Gasteiger partial charge in [0.25, 0.3) is 0 Å². The van der Waals surface area contributed by atoms with Crippen molar-refractivity contribution in [3.05, 3.63) is 35.4 Å². The van der Waals surface area contributed by atoms with Crippen molar-refractivity contribution in [2.24, 2.45) is 0 Å². The summed E-state index contributed by atoms with van der Waals surface area (Å²) in [7, 11) is -3.27. The highest BCUT2D eigenvalue weighted by Crippen LogP contribution is 2.29. The second-order valence-electron chi connectivity index (χ2n) is 4.45. The van der Waals surface area contributed by atoms with Crippen molar-refractivity contribution < 1.29 is 21.6 Å². The number of hydrogen-bond acceptors (Lipinski definition) is 2. The van der Waals surface area contributed by atoms with Crippen LogP contribution >= 0.6 is 11.6 Å². The van der Waals surface area contributed by atoms with Gasteiger partial charge in [0.05, 0.1) is 16.2 Å². The van der Waals surface area contributed by atoms with Crippen LogP contribution in [0, 0.1) is 0 Å². The number of benzene rings is 1. The Kier molecular flexibility index (Phi) is 4.90.